The summed E-state index contributed by atoms with van der Waals surface area (Å²) in [4.78, 5) is 14.1. The molecule has 2 saturated heterocycles. The van der Waals surface area contributed by atoms with Crippen LogP contribution in [-0.4, -0.2) is 58.1 Å². The van der Waals surface area contributed by atoms with E-state index in [2.05, 4.69) is 38.0 Å². The summed E-state index contributed by atoms with van der Waals surface area (Å²) < 4.78 is 6.15. The van der Waals surface area contributed by atoms with Crippen molar-refractivity contribution in [1.29, 1.82) is 0 Å². The Labute approximate surface area is 149 Å². The summed E-state index contributed by atoms with van der Waals surface area (Å²) in [6.45, 7) is 7.98. The van der Waals surface area contributed by atoms with Crippen molar-refractivity contribution in [3.05, 3.63) is 59.7 Å². The smallest absolute Gasteiger partial charge is 0.0892 e. The number of piperazine rings is 1. The van der Waals surface area contributed by atoms with E-state index in [1.807, 2.05) is 31.3 Å². The minimum Gasteiger partial charge on any atom is -0.371 e. The summed E-state index contributed by atoms with van der Waals surface area (Å²) in [5.74, 6) is 0. The molecule has 2 aromatic heterocycles. The van der Waals surface area contributed by atoms with Gasteiger partial charge in [0.2, 0.25) is 0 Å². The van der Waals surface area contributed by atoms with Gasteiger partial charge in [0, 0.05) is 50.7 Å². The summed E-state index contributed by atoms with van der Waals surface area (Å²) in [7, 11) is 0. The Hall–Kier alpha value is -1.82. The van der Waals surface area contributed by atoms with Crippen molar-refractivity contribution in [3.8, 4) is 0 Å². The quantitative estimate of drug-likeness (QED) is 0.836. The average Bonchev–Trinajstić information content (AvgIpc) is 3.03. The standard InChI is InChI=1S/C20H26N4O/c1-16-5-4-7-18(22-16)15-25-20-11-19-13-23(9-10-24(19)14-20)12-17-6-2-3-8-21-17/h2-8,19-20H,9-15H2,1H3. The highest BCUT2D eigenvalue weighted by Crippen LogP contribution is 2.25. The van der Waals surface area contributed by atoms with Crippen LogP contribution in [0.5, 0.6) is 0 Å². The van der Waals surface area contributed by atoms with Gasteiger partial charge in [0.05, 0.1) is 24.1 Å². The molecule has 2 aliphatic heterocycles. The molecule has 5 nitrogen and oxygen atoms in total. The Balaban J connectivity index is 1.28. The summed E-state index contributed by atoms with van der Waals surface area (Å²) in [5, 5.41) is 0. The van der Waals surface area contributed by atoms with Gasteiger partial charge in [-0.05, 0) is 37.6 Å². The first-order valence-corrected chi connectivity index (χ1v) is 9.17. The van der Waals surface area contributed by atoms with Crippen LogP contribution in [0.1, 0.15) is 23.5 Å². The molecule has 132 valence electrons. The van der Waals surface area contributed by atoms with Gasteiger partial charge >= 0.3 is 0 Å². The molecule has 0 radical (unpaired) electrons. The second-order valence-electron chi connectivity index (χ2n) is 7.14. The van der Waals surface area contributed by atoms with E-state index in [9.17, 15) is 0 Å². The fourth-order valence-corrected chi connectivity index (χ4v) is 3.93. The molecule has 25 heavy (non-hydrogen) atoms. The Morgan fingerprint density at radius 1 is 1.08 bits per heavy atom. The maximum Gasteiger partial charge on any atom is 0.0892 e. The van der Waals surface area contributed by atoms with Crippen molar-refractivity contribution in [2.24, 2.45) is 0 Å². The molecule has 0 aromatic carbocycles. The number of nitrogens with zero attached hydrogens (tertiary/aromatic N) is 4. The van der Waals surface area contributed by atoms with Crippen LogP contribution in [-0.2, 0) is 17.9 Å². The van der Waals surface area contributed by atoms with Crippen LogP contribution >= 0.6 is 0 Å². The monoisotopic (exact) mass is 338 g/mol. The number of fused-ring (bicyclic) bond motifs is 1. The summed E-state index contributed by atoms with van der Waals surface area (Å²) in [6, 6.07) is 12.9. The van der Waals surface area contributed by atoms with Crippen LogP contribution < -0.4 is 0 Å². The third-order valence-electron chi connectivity index (χ3n) is 5.19. The number of hydrogen-bond acceptors (Lipinski definition) is 5. The van der Waals surface area contributed by atoms with Crippen LogP contribution in [0.25, 0.3) is 0 Å². The van der Waals surface area contributed by atoms with Crippen LogP contribution in [0.15, 0.2) is 42.6 Å². The van der Waals surface area contributed by atoms with Crippen molar-refractivity contribution >= 4 is 0 Å². The van der Waals surface area contributed by atoms with Gasteiger partial charge in [-0.2, -0.15) is 0 Å². The van der Waals surface area contributed by atoms with Crippen molar-refractivity contribution in [2.75, 3.05) is 26.2 Å². The molecule has 0 N–H and O–H groups in total. The highest BCUT2D eigenvalue weighted by molar-refractivity contribution is 5.09. The van der Waals surface area contributed by atoms with E-state index < -0.39 is 0 Å². The highest BCUT2D eigenvalue weighted by atomic mass is 16.5. The fourth-order valence-electron chi connectivity index (χ4n) is 3.93. The highest BCUT2D eigenvalue weighted by Gasteiger charge is 2.36. The van der Waals surface area contributed by atoms with Crippen LogP contribution in [0.3, 0.4) is 0 Å². The van der Waals surface area contributed by atoms with E-state index in [-0.39, 0.29) is 0 Å². The lowest BCUT2D eigenvalue weighted by molar-refractivity contribution is 0.0439. The minimum absolute atomic E-state index is 0.321. The molecular weight excluding hydrogens is 312 g/mol. The molecule has 2 atom stereocenters. The second kappa shape index (κ2) is 7.60. The van der Waals surface area contributed by atoms with E-state index in [4.69, 9.17) is 4.74 Å². The molecule has 0 spiro atoms. The van der Waals surface area contributed by atoms with Gasteiger partial charge in [-0.15, -0.1) is 0 Å². The number of pyridine rings is 2. The van der Waals surface area contributed by atoms with E-state index in [0.717, 1.165) is 56.2 Å². The van der Waals surface area contributed by atoms with Gasteiger partial charge < -0.3 is 4.74 Å². The number of ether oxygens (including phenoxy) is 1. The maximum absolute atomic E-state index is 6.15. The normalized spacial score (nSPS) is 24.4. The van der Waals surface area contributed by atoms with Gasteiger partial charge in [-0.3, -0.25) is 19.8 Å². The lowest BCUT2D eigenvalue weighted by atomic mass is 10.1. The molecule has 2 unspecified atom stereocenters. The van der Waals surface area contributed by atoms with Crippen molar-refractivity contribution in [1.82, 2.24) is 19.8 Å². The van der Waals surface area contributed by atoms with Gasteiger partial charge in [0.1, 0.15) is 0 Å². The topological polar surface area (TPSA) is 41.5 Å². The zero-order valence-corrected chi connectivity index (χ0v) is 14.8. The predicted octanol–water partition coefficient (Wildman–Crippen LogP) is 2.26. The summed E-state index contributed by atoms with van der Waals surface area (Å²) >= 11 is 0. The largest absolute Gasteiger partial charge is 0.371 e. The molecule has 0 bridgehead atoms. The van der Waals surface area contributed by atoms with Crippen molar-refractivity contribution in [3.63, 3.8) is 0 Å². The van der Waals surface area contributed by atoms with Crippen LogP contribution in [0, 0.1) is 6.92 Å². The zero-order valence-electron chi connectivity index (χ0n) is 14.8. The molecular formula is C20H26N4O. The maximum atomic E-state index is 6.15. The molecule has 4 heterocycles. The molecule has 0 amide bonds. The van der Waals surface area contributed by atoms with Crippen LogP contribution in [0.2, 0.25) is 0 Å². The fraction of sp³-hybridized carbons (Fsp3) is 0.500. The number of rotatable bonds is 5. The van der Waals surface area contributed by atoms with Crippen LogP contribution in [0.4, 0.5) is 0 Å². The Morgan fingerprint density at radius 3 is 2.84 bits per heavy atom. The lowest BCUT2D eigenvalue weighted by Crippen LogP contribution is -2.49. The minimum atomic E-state index is 0.321. The SMILES string of the molecule is Cc1cccc(COC2CC3CN(Cc4ccccn4)CCN3C2)n1. The molecule has 2 fully saturated rings. The first kappa shape index (κ1) is 16.6. The average molecular weight is 338 g/mol. The zero-order chi connectivity index (χ0) is 17.1. The number of aryl methyl sites for hydroxylation is 1. The summed E-state index contributed by atoms with van der Waals surface area (Å²) in [5.41, 5.74) is 3.24. The first-order valence-electron chi connectivity index (χ1n) is 9.17. The second-order valence-corrected chi connectivity index (χ2v) is 7.14. The molecule has 5 heteroatoms. The molecule has 4 rings (SSSR count). The van der Waals surface area contributed by atoms with Gasteiger partial charge in [-0.1, -0.05) is 12.1 Å². The van der Waals surface area contributed by atoms with Crippen molar-refractivity contribution in [2.45, 2.75) is 38.6 Å². The van der Waals surface area contributed by atoms with E-state index >= 15 is 0 Å². The van der Waals surface area contributed by atoms with Gasteiger partial charge in [0.15, 0.2) is 0 Å². The van der Waals surface area contributed by atoms with E-state index in [1.54, 1.807) is 0 Å². The van der Waals surface area contributed by atoms with Gasteiger partial charge in [-0.25, -0.2) is 0 Å². The molecule has 2 aliphatic rings. The molecule has 0 saturated carbocycles. The Morgan fingerprint density at radius 2 is 2.00 bits per heavy atom. The Bertz CT molecular complexity index is 693. The predicted molar refractivity (Wildman–Crippen MR) is 97.0 cm³/mol. The Kier molecular flexibility index (Phi) is 5.06. The summed E-state index contributed by atoms with van der Waals surface area (Å²) in [6.07, 6.45) is 3.32. The first-order chi connectivity index (χ1) is 12.3. The molecule has 2 aromatic rings. The number of aromatic nitrogens is 2. The number of hydrogen-bond donors (Lipinski definition) is 0. The van der Waals surface area contributed by atoms with Gasteiger partial charge in [0.25, 0.3) is 0 Å². The molecule has 0 aliphatic carbocycles. The lowest BCUT2D eigenvalue weighted by Gasteiger charge is -2.37. The third kappa shape index (κ3) is 4.24. The van der Waals surface area contributed by atoms with E-state index in [1.165, 1.54) is 0 Å². The van der Waals surface area contributed by atoms with Crippen molar-refractivity contribution < 1.29 is 4.74 Å². The third-order valence-corrected chi connectivity index (χ3v) is 5.19. The van der Waals surface area contributed by atoms with E-state index in [0.29, 0.717) is 18.8 Å².